The molecule has 3 N–H and O–H groups in total. The van der Waals surface area contributed by atoms with Crippen molar-refractivity contribution in [3.05, 3.63) is 62.9 Å². The number of nitrogens with two attached hydrogens (primary N) is 1. The van der Waals surface area contributed by atoms with Gasteiger partial charge in [0.2, 0.25) is 0 Å². The minimum absolute atomic E-state index is 0.0296. The van der Waals surface area contributed by atoms with Crippen molar-refractivity contribution in [2.75, 3.05) is 13.2 Å². The van der Waals surface area contributed by atoms with E-state index < -0.39 is 38.0 Å². The molecule has 0 radical (unpaired) electrons. The normalized spacial score (nSPS) is 19.8. The van der Waals surface area contributed by atoms with E-state index in [4.69, 9.17) is 19.5 Å². The fraction of sp³-hybridized carbons (Fsp3) is 0.476. The summed E-state index contributed by atoms with van der Waals surface area (Å²) < 4.78 is 47.4. The van der Waals surface area contributed by atoms with Crippen molar-refractivity contribution >= 4 is 14.2 Å². The smallest absolute Gasteiger partial charge is 0.462 e. The van der Waals surface area contributed by atoms with E-state index in [0.717, 1.165) is 4.57 Å². The number of H-pyrrole nitrogens is 1. The minimum Gasteiger partial charge on any atom is -0.462 e. The monoisotopic (exact) mass is 500 g/mol. The van der Waals surface area contributed by atoms with Gasteiger partial charge >= 0.3 is 19.9 Å². The number of benzene rings is 1. The summed E-state index contributed by atoms with van der Waals surface area (Å²) in [5.74, 6) is 0.0393. The van der Waals surface area contributed by atoms with Crippen molar-refractivity contribution in [3.63, 3.8) is 0 Å². The highest BCUT2D eigenvalue weighted by Gasteiger charge is 2.39. The molecule has 1 saturated heterocycles. The highest BCUT2D eigenvalue weighted by Crippen LogP contribution is 2.33. The Morgan fingerprint density at radius 2 is 2.00 bits per heavy atom. The van der Waals surface area contributed by atoms with Crippen molar-refractivity contribution < 1.29 is 32.3 Å². The first-order valence-electron chi connectivity index (χ1n) is 10.4. The lowest BCUT2D eigenvalue weighted by molar-refractivity contribution is -0.145. The number of esters is 1. The zero-order chi connectivity index (χ0) is 25.3. The molecular formula is C21H28FN3O8P+. The van der Waals surface area contributed by atoms with Crippen LogP contribution in [0.4, 0.5) is 4.39 Å². The summed E-state index contributed by atoms with van der Waals surface area (Å²) >= 11 is 0. The van der Waals surface area contributed by atoms with Crippen molar-refractivity contribution in [1.29, 1.82) is 0 Å². The molecule has 4 unspecified atom stereocenters. The van der Waals surface area contributed by atoms with Gasteiger partial charge in [0, 0.05) is 22.7 Å². The highest BCUT2D eigenvalue weighted by molar-refractivity contribution is 7.33. The van der Waals surface area contributed by atoms with Gasteiger partial charge in [0.05, 0.1) is 18.8 Å². The molecule has 4 atom stereocenters. The molecule has 0 bridgehead atoms. The number of hydrogen-bond acceptors (Lipinski definition) is 9. The fourth-order valence-corrected chi connectivity index (χ4v) is 3.51. The number of rotatable bonds is 8. The topological polar surface area (TPSA) is 152 Å². The molecule has 13 heteroatoms. The molecule has 0 saturated carbocycles. The molecule has 1 aromatic heterocycles. The molecule has 1 aliphatic heterocycles. The number of carbonyl (C=O) groups is 1. The minimum atomic E-state index is -2.44. The lowest BCUT2D eigenvalue weighted by Gasteiger charge is -2.16. The number of ether oxygens (including phenoxy) is 2. The van der Waals surface area contributed by atoms with Crippen molar-refractivity contribution in [3.8, 4) is 5.75 Å². The van der Waals surface area contributed by atoms with Crippen LogP contribution in [0.1, 0.15) is 32.1 Å². The van der Waals surface area contributed by atoms with Gasteiger partial charge in [0.1, 0.15) is 12.8 Å². The molecule has 3 rings (SSSR count). The number of alkyl halides is 1. The Kier molecular flexibility index (Phi) is 10.5. The lowest BCUT2D eigenvalue weighted by Crippen LogP contribution is -2.35. The molecule has 34 heavy (non-hydrogen) atoms. The molecule has 186 valence electrons. The van der Waals surface area contributed by atoms with E-state index in [1.807, 2.05) is 0 Å². The second-order valence-electron chi connectivity index (χ2n) is 7.55. The van der Waals surface area contributed by atoms with E-state index in [2.05, 4.69) is 9.72 Å². The first-order chi connectivity index (χ1) is 16.1. The Balaban J connectivity index is 0.000000440. The van der Waals surface area contributed by atoms with Gasteiger partial charge in [-0.05, 0) is 32.9 Å². The van der Waals surface area contributed by atoms with E-state index in [9.17, 15) is 23.3 Å². The summed E-state index contributed by atoms with van der Waals surface area (Å²) in [6.07, 6.45) is -2.19. The van der Waals surface area contributed by atoms with Gasteiger partial charge in [-0.2, -0.15) is 0 Å². The summed E-state index contributed by atoms with van der Waals surface area (Å²) in [5.41, 5.74) is 3.92. The lowest BCUT2D eigenvalue weighted by atomic mass is 10.2. The maximum Gasteiger partial charge on any atom is 0.750 e. The predicted octanol–water partition coefficient (Wildman–Crippen LogP) is 2.12. The molecule has 0 aliphatic carbocycles. The number of aromatic amines is 1. The molecule has 2 aromatic rings. The molecule has 1 fully saturated rings. The number of carbonyl (C=O) groups excluding carboxylic acids is 1. The van der Waals surface area contributed by atoms with Crippen LogP contribution in [0.15, 0.2) is 46.1 Å². The van der Waals surface area contributed by atoms with Gasteiger partial charge < -0.3 is 15.2 Å². The Labute approximate surface area is 195 Å². The molecule has 1 aliphatic rings. The summed E-state index contributed by atoms with van der Waals surface area (Å²) in [6.45, 7) is 4.89. The van der Waals surface area contributed by atoms with Crippen LogP contribution in [0.2, 0.25) is 0 Å². The summed E-state index contributed by atoms with van der Waals surface area (Å²) in [7, 11) is -2.44. The second-order valence-corrected chi connectivity index (χ2v) is 8.43. The predicted molar refractivity (Wildman–Crippen MR) is 120 cm³/mol. The van der Waals surface area contributed by atoms with Crippen LogP contribution < -0.4 is 21.5 Å². The summed E-state index contributed by atoms with van der Waals surface area (Å²) in [6, 6.07) is 8.49. The van der Waals surface area contributed by atoms with Crippen LogP contribution >= 0.6 is 8.25 Å². The van der Waals surface area contributed by atoms with Gasteiger partial charge in [-0.3, -0.25) is 19.1 Å². The van der Waals surface area contributed by atoms with E-state index >= 15 is 0 Å². The Morgan fingerprint density at radius 3 is 2.59 bits per heavy atom. The van der Waals surface area contributed by atoms with Gasteiger partial charge in [-0.1, -0.05) is 18.2 Å². The maximum atomic E-state index is 14.3. The number of halogens is 1. The quantitative estimate of drug-likeness (QED) is 0.410. The zero-order valence-electron chi connectivity index (χ0n) is 19.0. The molecule has 1 aromatic carbocycles. The van der Waals surface area contributed by atoms with Crippen LogP contribution in [0.25, 0.3) is 0 Å². The average molecular weight is 500 g/mol. The number of aryl methyl sites for hydroxylation is 1. The van der Waals surface area contributed by atoms with Crippen LogP contribution in [-0.2, 0) is 23.4 Å². The largest absolute Gasteiger partial charge is 0.750 e. The standard InChI is InChI=1S/C16H16FN2O6P.C5H11NO2/c1-10-8-19(16(21)18-14(10)20)15-13(17)7-12(24-15)9-23-26(22)25-11-5-3-2-4-6-11;1-4(2)8-5(7)3-6/h2-6,8,12-13,15H,7,9H2,1H3;4H,3,6H2,1-2H3/p+1. The third kappa shape index (κ3) is 8.45. The number of aromatic nitrogens is 2. The summed E-state index contributed by atoms with van der Waals surface area (Å²) in [5, 5.41) is 0. The number of hydrogen-bond donors (Lipinski definition) is 2. The molecule has 11 nitrogen and oxygen atoms in total. The number of para-hydroxylation sites is 1. The van der Waals surface area contributed by atoms with Crippen LogP contribution in [0.5, 0.6) is 5.75 Å². The zero-order valence-corrected chi connectivity index (χ0v) is 19.9. The SMILES string of the molecule is CC(C)OC(=O)CN.Cc1cn(C2OC(CO[P+](=O)Oc3ccccc3)CC2F)c(=O)[nH]c1=O. The highest BCUT2D eigenvalue weighted by atomic mass is 31.1. The van der Waals surface area contributed by atoms with Crippen LogP contribution in [0.3, 0.4) is 0 Å². The Bertz CT molecular complexity index is 1080. The van der Waals surface area contributed by atoms with Crippen molar-refractivity contribution in [1.82, 2.24) is 9.55 Å². The van der Waals surface area contributed by atoms with Crippen molar-refractivity contribution in [2.45, 2.75) is 51.8 Å². The van der Waals surface area contributed by atoms with Crippen molar-refractivity contribution in [2.24, 2.45) is 5.73 Å². The molecule has 2 heterocycles. The first-order valence-corrected chi connectivity index (χ1v) is 11.5. The van der Waals surface area contributed by atoms with Gasteiger partial charge in [-0.15, -0.1) is 4.52 Å². The molecular weight excluding hydrogens is 472 g/mol. The van der Waals surface area contributed by atoms with Gasteiger partial charge in [-0.25, -0.2) is 13.7 Å². The second kappa shape index (κ2) is 13.1. The van der Waals surface area contributed by atoms with E-state index in [1.165, 1.54) is 13.1 Å². The third-order valence-corrected chi connectivity index (χ3v) is 5.09. The van der Waals surface area contributed by atoms with Crippen LogP contribution in [-0.4, -0.2) is 47.1 Å². The Morgan fingerprint density at radius 1 is 1.32 bits per heavy atom. The molecule has 0 amide bonds. The van der Waals surface area contributed by atoms with E-state index in [1.54, 1.807) is 44.2 Å². The fourth-order valence-electron chi connectivity index (χ4n) is 2.88. The third-order valence-electron chi connectivity index (χ3n) is 4.37. The van der Waals surface area contributed by atoms with Gasteiger partial charge in [0.25, 0.3) is 5.56 Å². The Hall–Kier alpha value is -2.92. The maximum absolute atomic E-state index is 14.3. The number of nitrogens with zero attached hydrogens (tertiary/aromatic N) is 1. The van der Waals surface area contributed by atoms with Gasteiger partial charge in [0.15, 0.2) is 12.0 Å². The average Bonchev–Trinajstić information content (AvgIpc) is 3.15. The first kappa shape index (κ1) is 27.3. The summed E-state index contributed by atoms with van der Waals surface area (Å²) in [4.78, 5) is 35.7. The van der Waals surface area contributed by atoms with E-state index in [0.29, 0.717) is 5.75 Å². The number of nitrogens with one attached hydrogen (secondary N) is 1. The van der Waals surface area contributed by atoms with Crippen LogP contribution in [0, 0.1) is 6.92 Å². The molecule has 0 spiro atoms. The van der Waals surface area contributed by atoms with E-state index in [-0.39, 0.29) is 37.2 Å².